The van der Waals surface area contributed by atoms with Crippen molar-refractivity contribution in [2.75, 3.05) is 21.3 Å². The van der Waals surface area contributed by atoms with Crippen LogP contribution in [0.5, 0.6) is 0 Å². The molecule has 0 aromatic heterocycles. The predicted octanol–water partition coefficient (Wildman–Crippen LogP) is 2.56. The van der Waals surface area contributed by atoms with Gasteiger partial charge >= 0.3 is 8.80 Å². The number of hydrogen-bond acceptors (Lipinski definition) is 4. The van der Waals surface area contributed by atoms with Gasteiger partial charge in [0.25, 0.3) is 0 Å². The fourth-order valence-corrected chi connectivity index (χ4v) is 4.51. The van der Waals surface area contributed by atoms with Gasteiger partial charge in [0.2, 0.25) is 0 Å². The van der Waals surface area contributed by atoms with Crippen molar-refractivity contribution in [3.05, 3.63) is 0 Å². The Balaban J connectivity index is 2.70. The molecule has 0 N–H and O–H groups in total. The Hall–Kier alpha value is 0.0569. The third-order valence-electron chi connectivity index (χ3n) is 3.29. The van der Waals surface area contributed by atoms with Crippen molar-refractivity contribution >= 4 is 8.80 Å². The smallest absolute Gasteiger partial charge is 0.377 e. The van der Waals surface area contributed by atoms with Gasteiger partial charge in [0.15, 0.2) is 5.79 Å². The molecule has 0 aliphatic carbocycles. The molecule has 1 heterocycles. The lowest BCUT2D eigenvalue weighted by Gasteiger charge is -2.43. The maximum Gasteiger partial charge on any atom is 0.502 e. The highest BCUT2D eigenvalue weighted by Crippen LogP contribution is 2.37. The highest BCUT2D eigenvalue weighted by atomic mass is 28.4. The lowest BCUT2D eigenvalue weighted by Crippen LogP contribution is -2.56. The molecule has 1 rings (SSSR count). The van der Waals surface area contributed by atoms with E-state index in [1.54, 1.807) is 21.3 Å². The molecule has 1 saturated heterocycles. The Labute approximate surface area is 99.6 Å². The summed E-state index contributed by atoms with van der Waals surface area (Å²) < 4.78 is 22.6. The topological polar surface area (TPSA) is 36.9 Å². The number of hydrogen-bond donors (Lipinski definition) is 0. The minimum atomic E-state index is -2.46. The van der Waals surface area contributed by atoms with Crippen LogP contribution < -0.4 is 0 Å². The highest BCUT2D eigenvalue weighted by Gasteiger charge is 2.51. The first-order valence-corrected chi connectivity index (χ1v) is 7.94. The molecule has 0 saturated carbocycles. The molecule has 4 nitrogen and oxygen atoms in total. The van der Waals surface area contributed by atoms with Crippen LogP contribution in [0, 0.1) is 0 Å². The van der Waals surface area contributed by atoms with E-state index < -0.39 is 14.6 Å². The van der Waals surface area contributed by atoms with Crippen molar-refractivity contribution in [1.82, 2.24) is 0 Å². The Morgan fingerprint density at radius 1 is 1.25 bits per heavy atom. The third kappa shape index (κ3) is 3.04. The van der Waals surface area contributed by atoms with Crippen LogP contribution in [0.1, 0.15) is 39.0 Å². The summed E-state index contributed by atoms with van der Waals surface area (Å²) in [5, 5.41) is 0. The molecule has 5 heteroatoms. The number of unbranched alkanes of at least 4 members (excludes halogenated alkanes) is 1. The second-order valence-electron chi connectivity index (χ2n) is 4.27. The minimum absolute atomic E-state index is 0.480. The van der Waals surface area contributed by atoms with Crippen molar-refractivity contribution in [2.24, 2.45) is 0 Å². The van der Waals surface area contributed by atoms with Crippen molar-refractivity contribution in [2.45, 2.75) is 50.9 Å². The van der Waals surface area contributed by atoms with Gasteiger partial charge in [0.05, 0.1) is 0 Å². The Bertz CT molecular complexity index is 208. The maximum atomic E-state index is 6.08. The monoisotopic (exact) mass is 248 g/mol. The Morgan fingerprint density at radius 3 is 2.44 bits per heavy atom. The average Bonchev–Trinajstić information content (AvgIpc) is 2.36. The molecule has 0 radical (unpaired) electrons. The molecule has 1 aliphatic heterocycles. The first-order valence-electron chi connectivity index (χ1n) is 6.01. The van der Waals surface area contributed by atoms with E-state index in [9.17, 15) is 0 Å². The molecule has 1 fully saturated rings. The molecule has 96 valence electrons. The van der Waals surface area contributed by atoms with Crippen LogP contribution in [0.25, 0.3) is 0 Å². The molecule has 0 aromatic carbocycles. The van der Waals surface area contributed by atoms with Crippen LogP contribution >= 0.6 is 0 Å². The molecule has 1 aliphatic rings. The summed E-state index contributed by atoms with van der Waals surface area (Å²) in [5.41, 5.74) is 0. The SMILES string of the molecule is CCCCC1(OC)CCC[Si](OC)(OC)O1. The van der Waals surface area contributed by atoms with E-state index >= 15 is 0 Å². The molecule has 1 unspecified atom stereocenters. The highest BCUT2D eigenvalue weighted by molar-refractivity contribution is 6.60. The standard InChI is InChI=1S/C11H24O4Si/c1-5-6-8-11(12-2)9-7-10-16(13-3,14-4)15-11/h5-10H2,1-4H3. The summed E-state index contributed by atoms with van der Waals surface area (Å²) in [5.74, 6) is -0.480. The van der Waals surface area contributed by atoms with Gasteiger partial charge < -0.3 is 18.0 Å². The fourth-order valence-electron chi connectivity index (χ4n) is 2.20. The van der Waals surface area contributed by atoms with E-state index in [4.69, 9.17) is 18.0 Å². The van der Waals surface area contributed by atoms with Gasteiger partial charge in [-0.15, -0.1) is 0 Å². The summed E-state index contributed by atoms with van der Waals surface area (Å²) in [7, 11) is 2.59. The molecule has 1 atom stereocenters. The van der Waals surface area contributed by atoms with Gasteiger partial charge in [-0.25, -0.2) is 0 Å². The zero-order chi connectivity index (χ0) is 12.1. The zero-order valence-electron chi connectivity index (χ0n) is 10.9. The number of ether oxygens (including phenoxy) is 1. The number of rotatable bonds is 6. The second-order valence-corrected chi connectivity index (χ2v) is 7.15. The Morgan fingerprint density at radius 2 is 1.94 bits per heavy atom. The largest absolute Gasteiger partial charge is 0.502 e. The number of methoxy groups -OCH3 is 1. The van der Waals surface area contributed by atoms with Gasteiger partial charge in [-0.05, 0) is 12.8 Å². The molecular formula is C11H24O4Si. The fraction of sp³-hybridized carbons (Fsp3) is 1.00. The summed E-state index contributed by atoms with van der Waals surface area (Å²) >= 11 is 0. The van der Waals surface area contributed by atoms with Crippen molar-refractivity contribution < 1.29 is 18.0 Å². The first kappa shape index (κ1) is 14.1. The molecule has 0 bridgehead atoms. The van der Waals surface area contributed by atoms with Crippen LogP contribution in [0.15, 0.2) is 0 Å². The predicted molar refractivity (Wildman–Crippen MR) is 64.2 cm³/mol. The lowest BCUT2D eigenvalue weighted by molar-refractivity contribution is -0.211. The van der Waals surface area contributed by atoms with E-state index in [1.165, 1.54) is 0 Å². The average molecular weight is 248 g/mol. The van der Waals surface area contributed by atoms with Crippen molar-refractivity contribution in [1.29, 1.82) is 0 Å². The minimum Gasteiger partial charge on any atom is -0.377 e. The molecule has 0 spiro atoms. The summed E-state index contributed by atoms with van der Waals surface area (Å²) in [4.78, 5) is 0. The van der Waals surface area contributed by atoms with Gasteiger partial charge in [0.1, 0.15) is 0 Å². The van der Waals surface area contributed by atoms with E-state index in [2.05, 4.69) is 6.92 Å². The molecule has 0 aromatic rings. The van der Waals surface area contributed by atoms with E-state index in [0.717, 1.165) is 38.1 Å². The van der Waals surface area contributed by atoms with Crippen molar-refractivity contribution in [3.8, 4) is 0 Å². The van der Waals surface area contributed by atoms with Crippen LogP contribution in [0.2, 0.25) is 6.04 Å². The van der Waals surface area contributed by atoms with Gasteiger partial charge in [-0.3, -0.25) is 0 Å². The van der Waals surface area contributed by atoms with E-state index in [1.807, 2.05) is 0 Å². The quantitative estimate of drug-likeness (QED) is 0.677. The van der Waals surface area contributed by atoms with Crippen LogP contribution in [0.4, 0.5) is 0 Å². The van der Waals surface area contributed by atoms with Crippen LogP contribution in [-0.2, 0) is 18.0 Å². The van der Waals surface area contributed by atoms with E-state index in [-0.39, 0.29) is 0 Å². The first-order chi connectivity index (χ1) is 7.66. The van der Waals surface area contributed by atoms with E-state index in [0.29, 0.717) is 0 Å². The molecule has 0 amide bonds. The molecular weight excluding hydrogens is 224 g/mol. The van der Waals surface area contributed by atoms with Crippen LogP contribution in [-0.4, -0.2) is 35.9 Å². The van der Waals surface area contributed by atoms with Gasteiger partial charge in [-0.2, -0.15) is 0 Å². The zero-order valence-corrected chi connectivity index (χ0v) is 11.9. The molecule has 16 heavy (non-hydrogen) atoms. The van der Waals surface area contributed by atoms with Gasteiger partial charge in [-0.1, -0.05) is 13.3 Å². The normalized spacial score (nSPS) is 29.2. The van der Waals surface area contributed by atoms with Crippen molar-refractivity contribution in [3.63, 3.8) is 0 Å². The summed E-state index contributed by atoms with van der Waals surface area (Å²) in [6.45, 7) is 2.17. The summed E-state index contributed by atoms with van der Waals surface area (Å²) in [6, 6.07) is 0.886. The maximum absolute atomic E-state index is 6.08. The van der Waals surface area contributed by atoms with Crippen LogP contribution in [0.3, 0.4) is 0 Å². The van der Waals surface area contributed by atoms with Gasteiger partial charge in [0, 0.05) is 40.2 Å². The Kier molecular flexibility index (Phi) is 5.40. The second kappa shape index (κ2) is 6.12. The summed E-state index contributed by atoms with van der Waals surface area (Å²) in [6.07, 6.45) is 5.15. The lowest BCUT2D eigenvalue weighted by atomic mass is 10.0. The third-order valence-corrected chi connectivity index (χ3v) is 6.18.